The van der Waals surface area contributed by atoms with E-state index in [2.05, 4.69) is 10.1 Å². The molecule has 13 heteroatoms. The predicted molar refractivity (Wildman–Crippen MR) is 119 cm³/mol. The summed E-state index contributed by atoms with van der Waals surface area (Å²) in [5.41, 5.74) is -0.500. The third kappa shape index (κ3) is 6.08. The number of carbonyl (C=O) groups is 2. The molecule has 1 fully saturated rings. The number of rotatable bonds is 8. The first-order valence-corrected chi connectivity index (χ1v) is 10.4. The molecule has 1 N–H and O–H groups in total. The van der Waals surface area contributed by atoms with Gasteiger partial charge in [0.2, 0.25) is 5.91 Å². The van der Waals surface area contributed by atoms with E-state index in [1.165, 1.54) is 12.0 Å². The van der Waals surface area contributed by atoms with Crippen LogP contribution in [0.15, 0.2) is 36.4 Å². The second kappa shape index (κ2) is 11.1. The van der Waals surface area contributed by atoms with Crippen LogP contribution in [0.4, 0.5) is 20.2 Å². The lowest BCUT2D eigenvalue weighted by atomic mass is 10.1. The number of nitrogens with one attached hydrogen (secondary N) is 1. The summed E-state index contributed by atoms with van der Waals surface area (Å²) in [5, 5.41) is 14.6. The summed E-state index contributed by atoms with van der Waals surface area (Å²) in [4.78, 5) is 39.2. The van der Waals surface area contributed by atoms with E-state index in [1.807, 2.05) is 4.90 Å². The zero-order valence-electron chi connectivity index (χ0n) is 18.0. The SMILES string of the molecule is COc1cc(C(=O)N2CCN(CC(=O)Nc3ccccc3Cl)CC2)c([N+](=O)[O-])cc1OC(F)F. The summed E-state index contributed by atoms with van der Waals surface area (Å²) in [6.45, 7) is -2.06. The highest BCUT2D eigenvalue weighted by atomic mass is 35.5. The van der Waals surface area contributed by atoms with Crippen LogP contribution < -0.4 is 14.8 Å². The van der Waals surface area contributed by atoms with Crippen molar-refractivity contribution in [2.75, 3.05) is 45.2 Å². The molecule has 34 heavy (non-hydrogen) atoms. The standard InChI is InChI=1S/C21H21ClF2N4O6/c1-33-17-10-13(16(28(31)32)11-18(17)34-21(23)24)20(30)27-8-6-26(7-9-27)12-19(29)25-15-5-3-2-4-14(15)22/h2-5,10-11,21H,6-9,12H2,1H3,(H,25,29). The van der Waals surface area contributed by atoms with Crippen molar-refractivity contribution in [1.29, 1.82) is 0 Å². The van der Waals surface area contributed by atoms with Gasteiger partial charge in [-0.3, -0.25) is 24.6 Å². The number of anilines is 1. The van der Waals surface area contributed by atoms with Gasteiger partial charge in [0.05, 0.1) is 35.4 Å². The van der Waals surface area contributed by atoms with E-state index in [9.17, 15) is 28.5 Å². The third-order valence-corrected chi connectivity index (χ3v) is 5.43. The minimum atomic E-state index is -3.22. The molecule has 0 atom stereocenters. The lowest BCUT2D eigenvalue weighted by Crippen LogP contribution is -2.50. The van der Waals surface area contributed by atoms with Crippen molar-refractivity contribution in [1.82, 2.24) is 9.80 Å². The van der Waals surface area contributed by atoms with Crippen molar-refractivity contribution in [3.8, 4) is 11.5 Å². The second-order valence-electron chi connectivity index (χ2n) is 7.25. The maximum atomic E-state index is 13.0. The van der Waals surface area contributed by atoms with Gasteiger partial charge < -0.3 is 19.7 Å². The Kier molecular flexibility index (Phi) is 8.18. The Morgan fingerprint density at radius 2 is 1.85 bits per heavy atom. The molecule has 3 rings (SSSR count). The van der Waals surface area contributed by atoms with Gasteiger partial charge in [0.25, 0.3) is 11.6 Å². The highest BCUT2D eigenvalue weighted by Crippen LogP contribution is 2.36. The van der Waals surface area contributed by atoms with Crippen LogP contribution in [-0.4, -0.2) is 73.0 Å². The molecular weight excluding hydrogens is 478 g/mol. The highest BCUT2D eigenvalue weighted by Gasteiger charge is 2.31. The molecule has 0 unspecified atom stereocenters. The first-order valence-electron chi connectivity index (χ1n) is 10.1. The van der Waals surface area contributed by atoms with Crippen molar-refractivity contribution >= 4 is 34.8 Å². The fourth-order valence-corrected chi connectivity index (χ4v) is 3.64. The first kappa shape index (κ1) is 25.1. The maximum Gasteiger partial charge on any atom is 0.387 e. The zero-order valence-corrected chi connectivity index (χ0v) is 18.8. The van der Waals surface area contributed by atoms with Crippen LogP contribution in [0, 0.1) is 10.1 Å². The van der Waals surface area contributed by atoms with Gasteiger partial charge in [0, 0.05) is 32.2 Å². The Morgan fingerprint density at radius 1 is 1.18 bits per heavy atom. The maximum absolute atomic E-state index is 13.0. The largest absolute Gasteiger partial charge is 0.493 e. The lowest BCUT2D eigenvalue weighted by Gasteiger charge is -2.34. The smallest absolute Gasteiger partial charge is 0.387 e. The van der Waals surface area contributed by atoms with Gasteiger partial charge in [-0.1, -0.05) is 23.7 Å². The van der Waals surface area contributed by atoms with E-state index in [0.717, 1.165) is 12.1 Å². The number of methoxy groups -OCH3 is 1. The molecule has 1 aliphatic heterocycles. The lowest BCUT2D eigenvalue weighted by molar-refractivity contribution is -0.385. The van der Waals surface area contributed by atoms with Crippen molar-refractivity contribution in [3.63, 3.8) is 0 Å². The van der Waals surface area contributed by atoms with Crippen molar-refractivity contribution < 1.29 is 32.8 Å². The van der Waals surface area contributed by atoms with Crippen molar-refractivity contribution in [3.05, 3.63) is 57.1 Å². The van der Waals surface area contributed by atoms with Crippen LogP contribution in [0.25, 0.3) is 0 Å². The van der Waals surface area contributed by atoms with E-state index >= 15 is 0 Å². The van der Waals surface area contributed by atoms with Crippen LogP contribution >= 0.6 is 11.6 Å². The van der Waals surface area contributed by atoms with E-state index in [4.69, 9.17) is 16.3 Å². The molecule has 0 aromatic heterocycles. The summed E-state index contributed by atoms with van der Waals surface area (Å²) in [6.07, 6.45) is 0. The molecule has 2 aromatic rings. The number of carbonyl (C=O) groups excluding carboxylic acids is 2. The predicted octanol–water partition coefficient (Wildman–Crippen LogP) is 3.25. The minimum Gasteiger partial charge on any atom is -0.493 e. The molecule has 2 amide bonds. The number of hydrogen-bond donors (Lipinski definition) is 1. The Bertz CT molecular complexity index is 1080. The van der Waals surface area contributed by atoms with Crippen LogP contribution in [0.1, 0.15) is 10.4 Å². The number of ether oxygens (including phenoxy) is 2. The number of nitro benzene ring substituents is 1. The van der Waals surface area contributed by atoms with Gasteiger partial charge in [-0.15, -0.1) is 0 Å². The molecule has 0 aliphatic carbocycles. The number of amides is 2. The summed E-state index contributed by atoms with van der Waals surface area (Å²) >= 11 is 6.04. The Morgan fingerprint density at radius 3 is 2.44 bits per heavy atom. The van der Waals surface area contributed by atoms with Crippen molar-refractivity contribution in [2.45, 2.75) is 6.61 Å². The molecule has 1 saturated heterocycles. The van der Waals surface area contributed by atoms with E-state index in [0.29, 0.717) is 23.8 Å². The number of nitrogens with zero attached hydrogens (tertiary/aromatic N) is 3. The Balaban J connectivity index is 1.66. The average molecular weight is 499 g/mol. The van der Waals surface area contributed by atoms with Crippen LogP contribution in [-0.2, 0) is 4.79 Å². The molecule has 182 valence electrons. The van der Waals surface area contributed by atoms with Gasteiger partial charge in [-0.25, -0.2) is 0 Å². The normalized spacial score (nSPS) is 14.1. The van der Waals surface area contributed by atoms with E-state index in [1.54, 1.807) is 24.3 Å². The van der Waals surface area contributed by atoms with Crippen molar-refractivity contribution in [2.24, 2.45) is 0 Å². The summed E-state index contributed by atoms with van der Waals surface area (Å²) in [7, 11) is 1.17. The Hall–Kier alpha value is -3.51. The van der Waals surface area contributed by atoms with E-state index in [-0.39, 0.29) is 36.9 Å². The zero-order chi connectivity index (χ0) is 24.8. The number of halogens is 3. The number of hydrogen-bond acceptors (Lipinski definition) is 7. The first-order chi connectivity index (χ1) is 16.2. The second-order valence-corrected chi connectivity index (χ2v) is 7.66. The van der Waals surface area contributed by atoms with Gasteiger partial charge >= 0.3 is 6.61 Å². The molecule has 1 aliphatic rings. The van der Waals surface area contributed by atoms with Gasteiger partial charge in [0.15, 0.2) is 11.5 Å². The fraction of sp³-hybridized carbons (Fsp3) is 0.333. The van der Waals surface area contributed by atoms with Gasteiger partial charge in [-0.05, 0) is 12.1 Å². The van der Waals surface area contributed by atoms with Crippen LogP contribution in [0.3, 0.4) is 0 Å². The number of para-hydroxylation sites is 1. The minimum absolute atomic E-state index is 0.0703. The molecule has 10 nitrogen and oxygen atoms in total. The fourth-order valence-electron chi connectivity index (χ4n) is 3.45. The number of piperazine rings is 1. The molecule has 1 heterocycles. The Labute approximate surface area is 198 Å². The molecule has 2 aromatic carbocycles. The number of alkyl halides is 2. The third-order valence-electron chi connectivity index (χ3n) is 5.10. The average Bonchev–Trinajstić information content (AvgIpc) is 2.80. The van der Waals surface area contributed by atoms with Gasteiger partial charge in [-0.2, -0.15) is 8.78 Å². The van der Waals surface area contributed by atoms with Gasteiger partial charge in [0.1, 0.15) is 5.56 Å². The summed E-state index contributed by atoms with van der Waals surface area (Å²) < 4.78 is 34.5. The van der Waals surface area contributed by atoms with Crippen LogP contribution in [0.2, 0.25) is 5.02 Å². The molecule has 0 bridgehead atoms. The molecule has 0 saturated carbocycles. The molecule has 0 radical (unpaired) electrons. The molecule has 0 spiro atoms. The monoisotopic (exact) mass is 498 g/mol. The quantitative estimate of drug-likeness (QED) is 0.439. The highest BCUT2D eigenvalue weighted by molar-refractivity contribution is 6.33. The van der Waals surface area contributed by atoms with E-state index < -0.39 is 28.9 Å². The molecular formula is C21H21ClF2N4O6. The number of benzene rings is 2. The summed E-state index contributed by atoms with van der Waals surface area (Å²) in [6, 6.07) is 8.58. The van der Waals surface area contributed by atoms with Crippen LogP contribution in [0.5, 0.6) is 11.5 Å². The summed E-state index contributed by atoms with van der Waals surface area (Å²) in [5.74, 6) is -1.71. The topological polar surface area (TPSA) is 114 Å². The number of nitro groups is 1.